The SMILES string of the molecule is COc1cc(C)ccc1C(=O)c1cnn(C)c1. The topological polar surface area (TPSA) is 44.1 Å². The molecule has 88 valence electrons. The molecule has 0 spiro atoms. The van der Waals surface area contributed by atoms with Crippen molar-refractivity contribution in [1.29, 1.82) is 0 Å². The molecule has 4 heteroatoms. The van der Waals surface area contributed by atoms with Crippen LogP contribution in [0.5, 0.6) is 5.75 Å². The van der Waals surface area contributed by atoms with Gasteiger partial charge in [-0.05, 0) is 24.6 Å². The predicted molar refractivity (Wildman–Crippen MR) is 64.4 cm³/mol. The number of methoxy groups -OCH3 is 1. The normalized spacial score (nSPS) is 10.3. The Kier molecular flexibility index (Phi) is 2.95. The maximum atomic E-state index is 12.2. The van der Waals surface area contributed by atoms with Crippen molar-refractivity contribution in [3.8, 4) is 5.75 Å². The van der Waals surface area contributed by atoms with Gasteiger partial charge in [-0.2, -0.15) is 5.10 Å². The average molecular weight is 230 g/mol. The second-order valence-corrected chi connectivity index (χ2v) is 3.94. The van der Waals surface area contributed by atoms with Crippen LogP contribution in [0.1, 0.15) is 21.5 Å². The first kappa shape index (κ1) is 11.4. The molecule has 1 aromatic heterocycles. The lowest BCUT2D eigenvalue weighted by molar-refractivity contribution is 0.103. The summed E-state index contributed by atoms with van der Waals surface area (Å²) in [5, 5.41) is 3.99. The predicted octanol–water partition coefficient (Wildman–Crippen LogP) is 1.97. The van der Waals surface area contributed by atoms with Gasteiger partial charge >= 0.3 is 0 Å². The van der Waals surface area contributed by atoms with Crippen molar-refractivity contribution in [2.24, 2.45) is 7.05 Å². The van der Waals surface area contributed by atoms with Crippen LogP contribution in [0.2, 0.25) is 0 Å². The summed E-state index contributed by atoms with van der Waals surface area (Å²) in [7, 11) is 3.35. The first-order chi connectivity index (χ1) is 8.11. The van der Waals surface area contributed by atoms with E-state index in [4.69, 9.17) is 4.74 Å². The standard InChI is InChI=1S/C13H14N2O2/c1-9-4-5-11(12(6-9)17-3)13(16)10-7-14-15(2)8-10/h4-8H,1-3H3. The molecule has 0 saturated heterocycles. The van der Waals surface area contributed by atoms with E-state index in [0.717, 1.165) is 5.56 Å². The van der Waals surface area contributed by atoms with Gasteiger partial charge in [0.2, 0.25) is 0 Å². The van der Waals surface area contributed by atoms with Crippen LogP contribution in [0.4, 0.5) is 0 Å². The van der Waals surface area contributed by atoms with Crippen molar-refractivity contribution < 1.29 is 9.53 Å². The van der Waals surface area contributed by atoms with E-state index >= 15 is 0 Å². The summed E-state index contributed by atoms with van der Waals surface area (Å²) in [5.74, 6) is 0.522. The minimum Gasteiger partial charge on any atom is -0.496 e. The summed E-state index contributed by atoms with van der Waals surface area (Å²) in [5.41, 5.74) is 2.19. The highest BCUT2D eigenvalue weighted by Crippen LogP contribution is 2.22. The van der Waals surface area contributed by atoms with Gasteiger partial charge in [-0.15, -0.1) is 0 Å². The Balaban J connectivity index is 2.43. The van der Waals surface area contributed by atoms with E-state index in [1.54, 1.807) is 37.3 Å². The molecule has 4 nitrogen and oxygen atoms in total. The second-order valence-electron chi connectivity index (χ2n) is 3.94. The van der Waals surface area contributed by atoms with Crippen molar-refractivity contribution in [1.82, 2.24) is 9.78 Å². The number of rotatable bonds is 3. The molecular weight excluding hydrogens is 216 g/mol. The summed E-state index contributed by atoms with van der Waals surface area (Å²) < 4.78 is 6.83. The summed E-state index contributed by atoms with van der Waals surface area (Å²) in [6, 6.07) is 5.53. The highest BCUT2D eigenvalue weighted by Gasteiger charge is 2.15. The van der Waals surface area contributed by atoms with Gasteiger partial charge in [0.05, 0.1) is 24.4 Å². The highest BCUT2D eigenvalue weighted by atomic mass is 16.5. The Morgan fingerprint density at radius 3 is 2.76 bits per heavy atom. The number of hydrogen-bond donors (Lipinski definition) is 0. The minimum atomic E-state index is -0.0741. The van der Waals surface area contributed by atoms with Crippen molar-refractivity contribution in [3.05, 3.63) is 47.3 Å². The molecule has 0 N–H and O–H groups in total. The molecule has 0 atom stereocenters. The molecular formula is C13H14N2O2. The molecule has 0 saturated carbocycles. The molecule has 0 radical (unpaired) electrons. The molecule has 0 aliphatic carbocycles. The molecule has 0 bridgehead atoms. The quantitative estimate of drug-likeness (QED) is 0.757. The van der Waals surface area contributed by atoms with E-state index in [1.807, 2.05) is 19.1 Å². The summed E-state index contributed by atoms with van der Waals surface area (Å²) in [4.78, 5) is 12.2. The number of ketones is 1. The van der Waals surface area contributed by atoms with Crippen molar-refractivity contribution in [2.45, 2.75) is 6.92 Å². The number of nitrogens with zero attached hydrogens (tertiary/aromatic N) is 2. The van der Waals surface area contributed by atoms with Crippen LogP contribution in [0.25, 0.3) is 0 Å². The number of carbonyl (C=O) groups excluding carboxylic acids is 1. The molecule has 2 rings (SSSR count). The van der Waals surface area contributed by atoms with E-state index in [9.17, 15) is 4.79 Å². The van der Waals surface area contributed by atoms with Gasteiger partial charge in [-0.1, -0.05) is 6.07 Å². The number of aryl methyl sites for hydroxylation is 2. The third kappa shape index (κ3) is 2.20. The fraction of sp³-hybridized carbons (Fsp3) is 0.231. The maximum absolute atomic E-state index is 12.2. The Morgan fingerprint density at radius 1 is 1.41 bits per heavy atom. The number of hydrogen-bond acceptors (Lipinski definition) is 3. The Labute approximate surface area is 99.8 Å². The third-order valence-corrected chi connectivity index (χ3v) is 2.57. The van der Waals surface area contributed by atoms with Crippen molar-refractivity contribution >= 4 is 5.78 Å². The van der Waals surface area contributed by atoms with Gasteiger partial charge in [0.1, 0.15) is 5.75 Å². The first-order valence-corrected chi connectivity index (χ1v) is 5.30. The van der Waals surface area contributed by atoms with Gasteiger partial charge in [0, 0.05) is 13.2 Å². The molecule has 17 heavy (non-hydrogen) atoms. The highest BCUT2D eigenvalue weighted by molar-refractivity contribution is 6.10. The zero-order chi connectivity index (χ0) is 12.4. The van der Waals surface area contributed by atoms with Crippen LogP contribution in [0.3, 0.4) is 0 Å². The van der Waals surface area contributed by atoms with E-state index in [2.05, 4.69) is 5.10 Å². The lowest BCUT2D eigenvalue weighted by Gasteiger charge is -2.07. The Morgan fingerprint density at radius 2 is 2.18 bits per heavy atom. The minimum absolute atomic E-state index is 0.0741. The number of benzene rings is 1. The fourth-order valence-electron chi connectivity index (χ4n) is 1.68. The largest absolute Gasteiger partial charge is 0.496 e. The number of aromatic nitrogens is 2. The lowest BCUT2D eigenvalue weighted by atomic mass is 10.0. The van der Waals surface area contributed by atoms with Crippen LogP contribution < -0.4 is 4.74 Å². The molecule has 2 aromatic rings. The zero-order valence-corrected chi connectivity index (χ0v) is 10.1. The molecule has 1 aromatic carbocycles. The molecule has 0 unspecified atom stereocenters. The lowest BCUT2D eigenvalue weighted by Crippen LogP contribution is -2.03. The maximum Gasteiger partial charge on any atom is 0.199 e. The van der Waals surface area contributed by atoms with Gasteiger partial charge in [0.25, 0.3) is 0 Å². The molecule has 0 fully saturated rings. The van der Waals surface area contributed by atoms with Crippen molar-refractivity contribution in [2.75, 3.05) is 7.11 Å². The van der Waals surface area contributed by atoms with E-state index in [-0.39, 0.29) is 5.78 Å². The van der Waals surface area contributed by atoms with Crippen LogP contribution in [-0.2, 0) is 7.05 Å². The second kappa shape index (κ2) is 4.41. The Bertz CT molecular complexity index is 558. The van der Waals surface area contributed by atoms with Crippen molar-refractivity contribution in [3.63, 3.8) is 0 Å². The number of ether oxygens (including phenoxy) is 1. The first-order valence-electron chi connectivity index (χ1n) is 5.30. The molecule has 0 aliphatic rings. The van der Waals surface area contributed by atoms with E-state index in [0.29, 0.717) is 16.9 Å². The number of carbonyl (C=O) groups is 1. The summed E-state index contributed by atoms with van der Waals surface area (Å²) >= 11 is 0. The molecule has 1 heterocycles. The summed E-state index contributed by atoms with van der Waals surface area (Å²) in [6.45, 7) is 1.96. The van der Waals surface area contributed by atoms with Crippen LogP contribution in [0.15, 0.2) is 30.6 Å². The van der Waals surface area contributed by atoms with Gasteiger partial charge < -0.3 is 4.74 Å². The monoisotopic (exact) mass is 230 g/mol. The molecule has 0 amide bonds. The van der Waals surface area contributed by atoms with Crippen LogP contribution in [-0.4, -0.2) is 22.7 Å². The Hall–Kier alpha value is -2.10. The van der Waals surface area contributed by atoms with Gasteiger partial charge in [-0.25, -0.2) is 0 Å². The van der Waals surface area contributed by atoms with Crippen LogP contribution >= 0.6 is 0 Å². The average Bonchev–Trinajstić information content (AvgIpc) is 2.75. The smallest absolute Gasteiger partial charge is 0.199 e. The van der Waals surface area contributed by atoms with E-state index < -0.39 is 0 Å². The molecule has 0 aliphatic heterocycles. The van der Waals surface area contributed by atoms with Gasteiger partial charge in [0.15, 0.2) is 5.78 Å². The fourth-order valence-corrected chi connectivity index (χ4v) is 1.68. The third-order valence-electron chi connectivity index (χ3n) is 2.57. The van der Waals surface area contributed by atoms with Gasteiger partial charge in [-0.3, -0.25) is 9.48 Å². The summed E-state index contributed by atoms with van der Waals surface area (Å²) in [6.07, 6.45) is 3.25. The van der Waals surface area contributed by atoms with Crippen LogP contribution in [0, 0.1) is 6.92 Å². The zero-order valence-electron chi connectivity index (χ0n) is 10.1. The van der Waals surface area contributed by atoms with E-state index in [1.165, 1.54) is 0 Å².